The Kier molecular flexibility index (Phi) is 4.83. The zero-order chi connectivity index (χ0) is 13.7. The zero-order valence-electron chi connectivity index (χ0n) is 12.5. The van der Waals surface area contributed by atoms with Gasteiger partial charge in [0.2, 0.25) is 0 Å². The number of anilines is 1. The minimum Gasteiger partial charge on any atom is -0.384 e. The molecule has 1 aliphatic heterocycles. The van der Waals surface area contributed by atoms with E-state index in [1.54, 1.807) is 0 Å². The first kappa shape index (κ1) is 14.4. The molecule has 0 atom stereocenters. The van der Waals surface area contributed by atoms with Crippen molar-refractivity contribution in [3.05, 3.63) is 29.8 Å². The fraction of sp³-hybridized carbons (Fsp3) is 0.625. The van der Waals surface area contributed by atoms with Crippen molar-refractivity contribution in [2.75, 3.05) is 44.6 Å². The van der Waals surface area contributed by atoms with Gasteiger partial charge in [0, 0.05) is 45.0 Å². The normalized spacial score (nSPS) is 17.4. The van der Waals surface area contributed by atoms with Crippen LogP contribution in [-0.4, -0.2) is 44.2 Å². The third-order valence-electron chi connectivity index (χ3n) is 3.68. The number of hydrogen-bond donors (Lipinski definition) is 2. The van der Waals surface area contributed by atoms with Crippen molar-refractivity contribution in [1.82, 2.24) is 10.2 Å². The van der Waals surface area contributed by atoms with E-state index in [4.69, 9.17) is 0 Å². The van der Waals surface area contributed by atoms with Gasteiger partial charge in [-0.1, -0.05) is 31.5 Å². The van der Waals surface area contributed by atoms with Crippen molar-refractivity contribution >= 4 is 5.69 Å². The summed E-state index contributed by atoms with van der Waals surface area (Å²) in [6.07, 6.45) is 0. The van der Waals surface area contributed by atoms with E-state index < -0.39 is 0 Å². The molecule has 19 heavy (non-hydrogen) atoms. The van der Waals surface area contributed by atoms with Gasteiger partial charge < -0.3 is 15.5 Å². The molecule has 0 unspecified atom stereocenters. The van der Waals surface area contributed by atoms with Gasteiger partial charge in [-0.05, 0) is 24.5 Å². The summed E-state index contributed by atoms with van der Waals surface area (Å²) in [5.74, 6) is 0. The smallest absolute Gasteiger partial charge is 0.0340 e. The molecule has 1 fully saturated rings. The average molecular weight is 261 g/mol. The Labute approximate surface area is 117 Å². The first-order valence-corrected chi connectivity index (χ1v) is 7.29. The minimum absolute atomic E-state index is 0.294. The molecule has 0 aromatic heterocycles. The highest BCUT2D eigenvalue weighted by Gasteiger charge is 2.22. The lowest BCUT2D eigenvalue weighted by Crippen LogP contribution is -2.48. The van der Waals surface area contributed by atoms with Crippen LogP contribution in [0.2, 0.25) is 0 Å². The highest BCUT2D eigenvalue weighted by atomic mass is 15.2. The number of nitrogens with zero attached hydrogens (tertiary/aromatic N) is 1. The van der Waals surface area contributed by atoms with Crippen LogP contribution in [0.25, 0.3) is 0 Å². The summed E-state index contributed by atoms with van der Waals surface area (Å²) in [6.45, 7) is 13.6. The summed E-state index contributed by atoms with van der Waals surface area (Å²) in [6, 6.07) is 8.64. The summed E-state index contributed by atoms with van der Waals surface area (Å²) >= 11 is 0. The van der Waals surface area contributed by atoms with E-state index >= 15 is 0 Å². The lowest BCUT2D eigenvalue weighted by atomic mass is 9.92. The first-order valence-electron chi connectivity index (χ1n) is 7.29. The molecule has 2 N–H and O–H groups in total. The van der Waals surface area contributed by atoms with Crippen LogP contribution < -0.4 is 10.6 Å². The van der Waals surface area contributed by atoms with Crippen LogP contribution >= 0.6 is 0 Å². The molecule has 1 aromatic carbocycles. The molecule has 106 valence electrons. The van der Waals surface area contributed by atoms with E-state index in [0.717, 1.165) is 26.2 Å². The van der Waals surface area contributed by atoms with Gasteiger partial charge >= 0.3 is 0 Å². The van der Waals surface area contributed by atoms with Crippen molar-refractivity contribution in [3.8, 4) is 0 Å². The molecule has 0 bridgehead atoms. The van der Waals surface area contributed by atoms with Gasteiger partial charge in [-0.15, -0.1) is 0 Å². The second-order valence-electron chi connectivity index (χ2n) is 6.41. The number of rotatable bonds is 5. The lowest BCUT2D eigenvalue weighted by molar-refractivity contribution is 0.168. The van der Waals surface area contributed by atoms with Gasteiger partial charge in [-0.25, -0.2) is 0 Å². The molecule has 0 radical (unpaired) electrons. The molecule has 0 saturated carbocycles. The number of piperazine rings is 1. The van der Waals surface area contributed by atoms with Crippen LogP contribution in [0.1, 0.15) is 19.4 Å². The predicted molar refractivity (Wildman–Crippen MR) is 82.8 cm³/mol. The van der Waals surface area contributed by atoms with E-state index in [1.165, 1.54) is 24.3 Å². The largest absolute Gasteiger partial charge is 0.384 e. The van der Waals surface area contributed by atoms with E-state index in [0.29, 0.717) is 5.41 Å². The topological polar surface area (TPSA) is 27.3 Å². The summed E-state index contributed by atoms with van der Waals surface area (Å²) in [4.78, 5) is 2.56. The van der Waals surface area contributed by atoms with Gasteiger partial charge in [0.1, 0.15) is 0 Å². The minimum atomic E-state index is 0.294. The molecule has 2 rings (SSSR count). The molecule has 1 heterocycles. The van der Waals surface area contributed by atoms with E-state index in [-0.39, 0.29) is 0 Å². The van der Waals surface area contributed by atoms with E-state index in [9.17, 15) is 0 Å². The molecule has 1 aromatic rings. The maximum Gasteiger partial charge on any atom is 0.0340 e. The summed E-state index contributed by atoms with van der Waals surface area (Å²) in [7, 11) is 0. The highest BCUT2D eigenvalue weighted by Crippen LogP contribution is 2.19. The maximum absolute atomic E-state index is 3.56. The molecular formula is C16H27N3. The third kappa shape index (κ3) is 4.84. The second-order valence-corrected chi connectivity index (χ2v) is 6.41. The third-order valence-corrected chi connectivity index (χ3v) is 3.68. The number of aryl methyl sites for hydroxylation is 1. The number of hydrogen-bond acceptors (Lipinski definition) is 3. The fourth-order valence-corrected chi connectivity index (χ4v) is 2.54. The van der Waals surface area contributed by atoms with Crippen LogP contribution in [0.5, 0.6) is 0 Å². The van der Waals surface area contributed by atoms with Gasteiger partial charge in [0.25, 0.3) is 0 Å². The van der Waals surface area contributed by atoms with Crippen molar-refractivity contribution in [2.45, 2.75) is 20.8 Å². The molecule has 0 aliphatic carbocycles. The highest BCUT2D eigenvalue weighted by molar-refractivity contribution is 5.44. The number of benzene rings is 1. The van der Waals surface area contributed by atoms with Gasteiger partial charge in [-0.3, -0.25) is 0 Å². The van der Waals surface area contributed by atoms with Crippen LogP contribution in [0.3, 0.4) is 0 Å². The van der Waals surface area contributed by atoms with Crippen LogP contribution in [0, 0.1) is 12.3 Å². The molecule has 0 amide bonds. The van der Waals surface area contributed by atoms with Crippen molar-refractivity contribution in [3.63, 3.8) is 0 Å². The molecule has 3 nitrogen and oxygen atoms in total. The van der Waals surface area contributed by atoms with Crippen LogP contribution in [0.4, 0.5) is 5.69 Å². The van der Waals surface area contributed by atoms with Crippen LogP contribution in [-0.2, 0) is 0 Å². The SMILES string of the molecule is Cc1ccc(NCC(C)(C)CN2CCNCC2)cc1. The molecule has 0 spiro atoms. The Balaban J connectivity index is 1.81. The molecular weight excluding hydrogens is 234 g/mol. The van der Waals surface area contributed by atoms with E-state index in [1.807, 2.05) is 0 Å². The quantitative estimate of drug-likeness (QED) is 0.852. The van der Waals surface area contributed by atoms with Crippen LogP contribution in [0.15, 0.2) is 24.3 Å². The zero-order valence-corrected chi connectivity index (χ0v) is 12.5. The fourth-order valence-electron chi connectivity index (χ4n) is 2.54. The van der Waals surface area contributed by atoms with Crippen molar-refractivity contribution in [1.29, 1.82) is 0 Å². The molecule has 1 aliphatic rings. The Morgan fingerprint density at radius 3 is 2.42 bits per heavy atom. The summed E-state index contributed by atoms with van der Waals surface area (Å²) in [5, 5.41) is 6.97. The van der Waals surface area contributed by atoms with Crippen molar-refractivity contribution < 1.29 is 0 Å². The Hall–Kier alpha value is -1.06. The van der Waals surface area contributed by atoms with Gasteiger partial charge in [0.05, 0.1) is 0 Å². The predicted octanol–water partition coefficient (Wildman–Crippen LogP) is 2.34. The lowest BCUT2D eigenvalue weighted by Gasteiger charge is -2.35. The Morgan fingerprint density at radius 1 is 1.16 bits per heavy atom. The van der Waals surface area contributed by atoms with Gasteiger partial charge in [0.15, 0.2) is 0 Å². The van der Waals surface area contributed by atoms with Crippen molar-refractivity contribution in [2.24, 2.45) is 5.41 Å². The monoisotopic (exact) mass is 261 g/mol. The second kappa shape index (κ2) is 6.40. The van der Waals surface area contributed by atoms with Gasteiger partial charge in [-0.2, -0.15) is 0 Å². The average Bonchev–Trinajstić information content (AvgIpc) is 2.39. The first-order chi connectivity index (χ1) is 9.05. The molecule has 3 heteroatoms. The maximum atomic E-state index is 3.56. The summed E-state index contributed by atoms with van der Waals surface area (Å²) < 4.78 is 0. The Morgan fingerprint density at radius 2 is 1.79 bits per heavy atom. The molecule has 1 saturated heterocycles. The van der Waals surface area contributed by atoms with E-state index in [2.05, 4.69) is 60.6 Å². The summed E-state index contributed by atoms with van der Waals surface area (Å²) in [5.41, 5.74) is 2.83. The number of nitrogens with one attached hydrogen (secondary N) is 2. The Bertz CT molecular complexity index is 377. The standard InChI is InChI=1S/C16H27N3/c1-14-4-6-15(7-5-14)18-12-16(2,3)13-19-10-8-17-9-11-19/h4-7,17-18H,8-13H2,1-3H3.